The standard InChI is InChI=1S/C21H23NO2/c1-2-3-11-18(21-19(23)13-7-14-20(21)24)22-17-12-6-9-15-8-4-5-10-16(15)17/h4-6,8-10,12,23H,2-3,7,11,13-14H2,1H3. The fourth-order valence-corrected chi connectivity index (χ4v) is 3.19. The molecule has 124 valence electrons. The molecule has 24 heavy (non-hydrogen) atoms. The maximum absolute atomic E-state index is 12.4. The van der Waals surface area contributed by atoms with Gasteiger partial charge in [-0.15, -0.1) is 0 Å². The molecule has 0 aliphatic heterocycles. The zero-order valence-electron chi connectivity index (χ0n) is 14.1. The molecule has 0 aromatic heterocycles. The number of nitrogens with zero attached hydrogens (tertiary/aromatic N) is 1. The van der Waals surface area contributed by atoms with E-state index in [1.165, 1.54) is 0 Å². The van der Waals surface area contributed by atoms with Crippen molar-refractivity contribution in [1.29, 1.82) is 0 Å². The number of ketones is 1. The Hall–Kier alpha value is -2.42. The fraction of sp³-hybridized carbons (Fsp3) is 0.333. The van der Waals surface area contributed by atoms with Crippen molar-refractivity contribution in [2.24, 2.45) is 4.99 Å². The molecule has 0 bridgehead atoms. The van der Waals surface area contributed by atoms with Crippen molar-refractivity contribution in [1.82, 2.24) is 0 Å². The smallest absolute Gasteiger partial charge is 0.168 e. The summed E-state index contributed by atoms with van der Waals surface area (Å²) in [6.45, 7) is 2.12. The van der Waals surface area contributed by atoms with Crippen LogP contribution in [0.25, 0.3) is 10.8 Å². The Balaban J connectivity index is 2.11. The molecule has 1 aliphatic rings. The lowest BCUT2D eigenvalue weighted by Crippen LogP contribution is -2.19. The van der Waals surface area contributed by atoms with Crippen LogP contribution in [0, 0.1) is 0 Å². The quantitative estimate of drug-likeness (QED) is 0.721. The molecule has 3 rings (SSSR count). The van der Waals surface area contributed by atoms with Crippen molar-refractivity contribution in [2.45, 2.75) is 45.4 Å². The summed E-state index contributed by atoms with van der Waals surface area (Å²) in [6.07, 6.45) is 4.49. The number of allylic oxidation sites excluding steroid dienone is 2. The van der Waals surface area contributed by atoms with Gasteiger partial charge in [0.1, 0.15) is 5.76 Å². The summed E-state index contributed by atoms with van der Waals surface area (Å²) in [5.41, 5.74) is 2.05. The minimum absolute atomic E-state index is 0.0221. The van der Waals surface area contributed by atoms with Crippen molar-refractivity contribution >= 4 is 28.0 Å². The lowest BCUT2D eigenvalue weighted by molar-refractivity contribution is -0.115. The number of rotatable bonds is 5. The number of aliphatic imine (C=N–C) groups is 1. The van der Waals surface area contributed by atoms with Gasteiger partial charge in [-0.3, -0.25) is 9.79 Å². The zero-order valence-corrected chi connectivity index (χ0v) is 14.1. The molecule has 0 unspecified atom stereocenters. The molecule has 1 aliphatic carbocycles. The maximum Gasteiger partial charge on any atom is 0.168 e. The molecule has 0 saturated heterocycles. The lowest BCUT2D eigenvalue weighted by atomic mass is 9.90. The highest BCUT2D eigenvalue weighted by molar-refractivity contribution is 6.24. The number of carbonyl (C=O) groups is 1. The minimum Gasteiger partial charge on any atom is -0.511 e. The van der Waals surface area contributed by atoms with Gasteiger partial charge in [0.05, 0.1) is 17.0 Å². The Bertz CT molecular complexity index is 812. The monoisotopic (exact) mass is 321 g/mol. The van der Waals surface area contributed by atoms with E-state index in [0.717, 1.165) is 41.4 Å². The highest BCUT2D eigenvalue weighted by Crippen LogP contribution is 2.29. The van der Waals surface area contributed by atoms with Gasteiger partial charge in [-0.2, -0.15) is 0 Å². The van der Waals surface area contributed by atoms with E-state index in [9.17, 15) is 9.90 Å². The number of hydrogen-bond donors (Lipinski definition) is 1. The second kappa shape index (κ2) is 7.43. The van der Waals surface area contributed by atoms with Crippen molar-refractivity contribution in [3.05, 3.63) is 53.8 Å². The largest absolute Gasteiger partial charge is 0.511 e. The Morgan fingerprint density at radius 3 is 2.71 bits per heavy atom. The number of carbonyl (C=O) groups excluding carboxylic acids is 1. The molecule has 0 atom stereocenters. The molecule has 2 aromatic rings. The van der Waals surface area contributed by atoms with Gasteiger partial charge in [0.25, 0.3) is 0 Å². The summed E-state index contributed by atoms with van der Waals surface area (Å²) < 4.78 is 0. The van der Waals surface area contributed by atoms with E-state index >= 15 is 0 Å². The summed E-state index contributed by atoms with van der Waals surface area (Å²) in [4.78, 5) is 17.2. The van der Waals surface area contributed by atoms with E-state index in [1.54, 1.807) is 0 Å². The summed E-state index contributed by atoms with van der Waals surface area (Å²) in [5, 5.41) is 12.5. The number of hydrogen-bond acceptors (Lipinski definition) is 3. The van der Waals surface area contributed by atoms with Crippen LogP contribution >= 0.6 is 0 Å². The molecule has 0 saturated carbocycles. The van der Waals surface area contributed by atoms with Crippen LogP contribution in [-0.4, -0.2) is 16.6 Å². The van der Waals surface area contributed by atoms with Crippen LogP contribution in [0.1, 0.15) is 45.4 Å². The summed E-state index contributed by atoms with van der Waals surface area (Å²) in [5.74, 6) is 0.232. The molecular weight excluding hydrogens is 298 g/mol. The Kier molecular flexibility index (Phi) is 5.09. The molecule has 0 radical (unpaired) electrons. The number of aliphatic hydroxyl groups is 1. The van der Waals surface area contributed by atoms with E-state index < -0.39 is 0 Å². The third kappa shape index (κ3) is 3.40. The van der Waals surface area contributed by atoms with Gasteiger partial charge in [-0.1, -0.05) is 49.7 Å². The third-order valence-corrected chi connectivity index (χ3v) is 4.46. The topological polar surface area (TPSA) is 49.7 Å². The molecule has 1 N–H and O–H groups in total. The van der Waals surface area contributed by atoms with E-state index in [1.807, 2.05) is 30.3 Å². The molecule has 3 heteroatoms. The highest BCUT2D eigenvalue weighted by Gasteiger charge is 2.24. The van der Waals surface area contributed by atoms with Gasteiger partial charge >= 0.3 is 0 Å². The predicted molar refractivity (Wildman–Crippen MR) is 99.1 cm³/mol. The van der Waals surface area contributed by atoms with Crippen LogP contribution in [0.5, 0.6) is 0 Å². The van der Waals surface area contributed by atoms with Crippen LogP contribution in [0.4, 0.5) is 5.69 Å². The average molecular weight is 321 g/mol. The van der Waals surface area contributed by atoms with Gasteiger partial charge in [-0.05, 0) is 30.7 Å². The average Bonchev–Trinajstić information content (AvgIpc) is 2.59. The Morgan fingerprint density at radius 2 is 1.92 bits per heavy atom. The van der Waals surface area contributed by atoms with Crippen LogP contribution in [0.3, 0.4) is 0 Å². The van der Waals surface area contributed by atoms with Crippen LogP contribution < -0.4 is 0 Å². The second-order valence-electron chi connectivity index (χ2n) is 6.26. The number of Topliss-reactive ketones (excluding diaryl/α,β-unsaturated/α-hetero) is 1. The molecule has 2 aromatic carbocycles. The molecule has 0 amide bonds. The molecular formula is C21H23NO2. The number of aliphatic hydroxyl groups excluding tert-OH is 1. The number of fused-ring (bicyclic) bond motifs is 1. The molecule has 3 nitrogen and oxygen atoms in total. The van der Waals surface area contributed by atoms with E-state index in [-0.39, 0.29) is 11.5 Å². The number of unbranched alkanes of at least 4 members (excludes halogenated alkanes) is 1. The van der Waals surface area contributed by atoms with E-state index in [2.05, 4.69) is 19.1 Å². The highest BCUT2D eigenvalue weighted by atomic mass is 16.3. The normalized spacial score (nSPS) is 16.0. The van der Waals surface area contributed by atoms with Gasteiger partial charge in [-0.25, -0.2) is 0 Å². The van der Waals surface area contributed by atoms with Crippen LogP contribution in [0.2, 0.25) is 0 Å². The van der Waals surface area contributed by atoms with Crippen molar-refractivity contribution < 1.29 is 9.90 Å². The predicted octanol–water partition coefficient (Wildman–Crippen LogP) is 5.67. The first kappa shape index (κ1) is 16.4. The first-order chi connectivity index (χ1) is 11.7. The summed E-state index contributed by atoms with van der Waals surface area (Å²) in [7, 11) is 0. The molecule has 0 spiro atoms. The van der Waals surface area contributed by atoms with Gasteiger partial charge in [0.15, 0.2) is 5.78 Å². The molecule has 0 heterocycles. The van der Waals surface area contributed by atoms with Crippen LogP contribution in [-0.2, 0) is 4.79 Å². The van der Waals surface area contributed by atoms with Crippen molar-refractivity contribution in [3.63, 3.8) is 0 Å². The SMILES string of the molecule is CCCCC(=Nc1cccc2ccccc12)C1=C(O)CCCC1=O. The first-order valence-electron chi connectivity index (χ1n) is 8.71. The Morgan fingerprint density at radius 1 is 1.12 bits per heavy atom. The van der Waals surface area contributed by atoms with Crippen molar-refractivity contribution in [3.8, 4) is 0 Å². The zero-order chi connectivity index (χ0) is 16.9. The third-order valence-electron chi connectivity index (χ3n) is 4.46. The number of benzene rings is 2. The van der Waals surface area contributed by atoms with E-state index in [4.69, 9.17) is 4.99 Å². The van der Waals surface area contributed by atoms with Crippen molar-refractivity contribution in [2.75, 3.05) is 0 Å². The Labute approximate surface area is 142 Å². The minimum atomic E-state index is 0.0221. The van der Waals surface area contributed by atoms with Crippen LogP contribution in [0.15, 0.2) is 58.8 Å². The fourth-order valence-electron chi connectivity index (χ4n) is 3.19. The van der Waals surface area contributed by atoms with E-state index in [0.29, 0.717) is 24.8 Å². The summed E-state index contributed by atoms with van der Waals surface area (Å²) >= 11 is 0. The lowest BCUT2D eigenvalue weighted by Gasteiger charge is -2.17. The maximum atomic E-state index is 12.4. The van der Waals surface area contributed by atoms with Gasteiger partial charge in [0.2, 0.25) is 0 Å². The summed E-state index contributed by atoms with van der Waals surface area (Å²) in [6, 6.07) is 14.1. The van der Waals surface area contributed by atoms with Gasteiger partial charge in [0, 0.05) is 18.2 Å². The second-order valence-corrected chi connectivity index (χ2v) is 6.26. The molecule has 0 fully saturated rings. The first-order valence-corrected chi connectivity index (χ1v) is 8.71. The van der Waals surface area contributed by atoms with Gasteiger partial charge < -0.3 is 5.11 Å².